The van der Waals surface area contributed by atoms with Crippen LogP contribution < -0.4 is 5.73 Å². The Kier molecular flexibility index (Phi) is 0.701. The molecule has 0 fully saturated rings. The van der Waals surface area contributed by atoms with E-state index in [0.717, 1.165) is 4.68 Å². The van der Waals surface area contributed by atoms with Crippen LogP contribution in [-0.4, -0.2) is 20.0 Å². The number of hydrogen-bond acceptors (Lipinski definition) is 4. The van der Waals surface area contributed by atoms with Gasteiger partial charge in [-0.05, 0) is 18.1 Å². The Balaban J connectivity index is 2.69. The second-order valence-electron chi connectivity index (χ2n) is 1.92. The summed E-state index contributed by atoms with van der Waals surface area (Å²) >= 11 is 0. The van der Waals surface area contributed by atoms with Crippen LogP contribution in [0.2, 0.25) is 0 Å². The maximum atomic E-state index is 7.61. The van der Waals surface area contributed by atoms with Crippen molar-refractivity contribution in [1.29, 1.82) is 0 Å². The third-order valence-corrected chi connectivity index (χ3v) is 1.12. The van der Waals surface area contributed by atoms with Crippen molar-refractivity contribution in [2.24, 2.45) is 0 Å². The minimum Gasteiger partial charge on any atom is -0.382 e. The van der Waals surface area contributed by atoms with Crippen LogP contribution >= 0.6 is 0 Å². The number of aromatic nitrogens is 4. The number of hydrogen-bond donors (Lipinski definition) is 1. The summed E-state index contributed by atoms with van der Waals surface area (Å²) in [7, 11) is 0. The molecule has 0 spiro atoms. The van der Waals surface area contributed by atoms with E-state index in [4.69, 9.17) is 12.6 Å². The Bertz CT molecular complexity index is 595. The van der Waals surface area contributed by atoms with Gasteiger partial charge < -0.3 is 5.73 Å². The fourth-order valence-corrected chi connectivity index (χ4v) is 0.645. The lowest BCUT2D eigenvalue weighted by Gasteiger charge is -1.97. The summed E-state index contributed by atoms with van der Waals surface area (Å²) in [5, 5.41) is 10.6. The molecule has 0 aliphatic carbocycles. The Morgan fingerprint density at radius 1 is 1.42 bits per heavy atom. The van der Waals surface area contributed by atoms with Crippen LogP contribution in [0.25, 0.3) is 5.82 Å². The molecule has 2 rings (SSSR count). The molecular weight excluding hydrogens is 154 g/mol. The zero-order valence-electron chi connectivity index (χ0n) is 10.9. The number of anilines is 1. The van der Waals surface area contributed by atoms with Gasteiger partial charge in [0.2, 0.25) is 0 Å². The van der Waals surface area contributed by atoms with E-state index in [9.17, 15) is 0 Å². The van der Waals surface area contributed by atoms with E-state index in [1.54, 1.807) is 0 Å². The summed E-state index contributed by atoms with van der Waals surface area (Å²) in [5.74, 6) is -0.393. The first-order valence-corrected chi connectivity index (χ1v) is 3.06. The highest BCUT2D eigenvalue weighted by molar-refractivity contribution is 5.30. The lowest BCUT2D eigenvalue weighted by molar-refractivity contribution is 0.817. The summed E-state index contributed by atoms with van der Waals surface area (Å²) in [4.78, 5) is 0. The van der Waals surface area contributed by atoms with Crippen LogP contribution in [-0.2, 0) is 0 Å². The van der Waals surface area contributed by atoms with Gasteiger partial charge in [0.1, 0.15) is 5.82 Å². The molecule has 2 N–H and O–H groups in total. The molecule has 0 aliphatic heterocycles. The first-order chi connectivity index (χ1) is 7.93. The Labute approximate surface area is 75.9 Å². The van der Waals surface area contributed by atoms with Crippen molar-refractivity contribution >= 4 is 5.82 Å². The summed E-state index contributed by atoms with van der Waals surface area (Å²) in [5.41, 5.74) is 5.31. The fourth-order valence-electron chi connectivity index (χ4n) is 0.645. The number of rotatable bonds is 1. The minimum atomic E-state index is -0.403. The molecular formula is C7H7N5. The third-order valence-electron chi connectivity index (χ3n) is 1.12. The van der Waals surface area contributed by atoms with Gasteiger partial charge in [0.25, 0.3) is 0 Å². The van der Waals surface area contributed by atoms with Crippen molar-refractivity contribution in [3.8, 4) is 5.82 Å². The van der Waals surface area contributed by atoms with E-state index >= 15 is 0 Å². The van der Waals surface area contributed by atoms with Crippen molar-refractivity contribution in [1.82, 2.24) is 20.0 Å². The smallest absolute Gasteiger partial charge is 0.175 e. The first-order valence-electron chi connectivity index (χ1n) is 5.56. The summed E-state index contributed by atoms with van der Waals surface area (Å²) in [6, 6.07) is -1.06. The maximum absolute atomic E-state index is 7.61. The van der Waals surface area contributed by atoms with Crippen LogP contribution in [0.5, 0.6) is 0 Å². The third kappa shape index (κ3) is 1.12. The molecule has 60 valence electrons. The molecule has 0 bridgehead atoms. The van der Waals surface area contributed by atoms with Crippen molar-refractivity contribution in [3.63, 3.8) is 0 Å². The Morgan fingerprint density at radius 2 is 2.33 bits per heavy atom. The van der Waals surface area contributed by atoms with Gasteiger partial charge in [-0.15, -0.1) is 10.2 Å². The molecule has 5 heteroatoms. The van der Waals surface area contributed by atoms with Gasteiger partial charge in [-0.3, -0.25) is 0 Å². The highest BCUT2D eigenvalue weighted by Gasteiger charge is 1.96. The summed E-state index contributed by atoms with van der Waals surface area (Å²) in [6.07, 6.45) is -0.790. The van der Waals surface area contributed by atoms with Gasteiger partial charge in [-0.2, -0.15) is 5.10 Å². The monoisotopic (exact) mass is 166 g/mol. The van der Waals surface area contributed by atoms with Crippen molar-refractivity contribution in [2.75, 3.05) is 5.73 Å². The van der Waals surface area contributed by atoms with Crippen molar-refractivity contribution < 1.29 is 6.85 Å². The van der Waals surface area contributed by atoms with Gasteiger partial charge in [0, 0.05) is 12.3 Å². The van der Waals surface area contributed by atoms with E-state index in [1.165, 1.54) is 0 Å². The van der Waals surface area contributed by atoms with Crippen molar-refractivity contribution in [2.45, 2.75) is 0 Å². The lowest BCUT2D eigenvalue weighted by Crippen LogP contribution is -2.01. The van der Waals surface area contributed by atoms with Crippen molar-refractivity contribution in [3.05, 3.63) is 30.5 Å². The molecule has 0 saturated heterocycles. The molecule has 0 saturated carbocycles. The highest BCUT2D eigenvalue weighted by Crippen LogP contribution is 2.01. The van der Waals surface area contributed by atoms with E-state index in [2.05, 4.69) is 15.3 Å². The van der Waals surface area contributed by atoms with Crippen LogP contribution in [0.4, 0.5) is 5.82 Å². The molecule has 2 aromatic heterocycles. The zero-order valence-corrected chi connectivity index (χ0v) is 5.87. The minimum absolute atomic E-state index is 0.193. The molecule has 12 heavy (non-hydrogen) atoms. The second kappa shape index (κ2) is 2.61. The average Bonchev–Trinajstić information content (AvgIpc) is 2.54. The van der Waals surface area contributed by atoms with Crippen LogP contribution in [0, 0.1) is 0 Å². The van der Waals surface area contributed by atoms with E-state index < -0.39 is 6.17 Å². The number of nitrogens with zero attached hydrogens (tertiary/aromatic N) is 4. The summed E-state index contributed by atoms with van der Waals surface area (Å²) < 4.78 is 38.0. The Hall–Kier alpha value is -1.91. The number of nitrogens with two attached hydrogens (primary N) is 1. The van der Waals surface area contributed by atoms with Gasteiger partial charge in [-0.25, -0.2) is 4.68 Å². The molecule has 0 aliphatic rings. The van der Waals surface area contributed by atoms with Crippen LogP contribution in [0.1, 0.15) is 6.85 Å². The van der Waals surface area contributed by atoms with E-state index in [1.807, 2.05) is 0 Å². The summed E-state index contributed by atoms with van der Waals surface area (Å²) in [6.45, 7) is 0. The SMILES string of the molecule is [2H]c1nn(-c2nnc(N)c([2H])c2[2H])c([2H])c1[2H]. The fraction of sp³-hybridized carbons (Fsp3) is 0. The molecule has 0 atom stereocenters. The molecule has 5 nitrogen and oxygen atoms in total. The average molecular weight is 166 g/mol. The highest BCUT2D eigenvalue weighted by atomic mass is 15.3. The zero-order chi connectivity index (χ0) is 12.7. The van der Waals surface area contributed by atoms with E-state index in [0.29, 0.717) is 0 Å². The van der Waals surface area contributed by atoms with Gasteiger partial charge in [-0.1, -0.05) is 0 Å². The molecule has 0 unspecified atom stereocenters. The topological polar surface area (TPSA) is 69.6 Å². The van der Waals surface area contributed by atoms with Crippen LogP contribution in [0.3, 0.4) is 0 Å². The maximum Gasteiger partial charge on any atom is 0.175 e. The van der Waals surface area contributed by atoms with Gasteiger partial charge >= 0.3 is 0 Å². The molecule has 0 radical (unpaired) electrons. The van der Waals surface area contributed by atoms with Crippen LogP contribution in [0.15, 0.2) is 30.5 Å². The molecule has 0 amide bonds. The first kappa shape index (κ1) is 3.22. The standard InChI is InChI=1S/C7H7N5/c8-6-2-3-7(11-10-6)12-5-1-4-9-12/h1-5H,(H2,8,10)/i1D,2D,3D,4D,5D. The molecule has 2 aromatic rings. The predicted octanol–water partition coefficient (Wildman–Crippen LogP) is 0.244. The Morgan fingerprint density at radius 3 is 3.08 bits per heavy atom. The van der Waals surface area contributed by atoms with Gasteiger partial charge in [0.15, 0.2) is 5.82 Å². The molecule has 2 heterocycles. The second-order valence-corrected chi connectivity index (χ2v) is 1.92. The lowest BCUT2D eigenvalue weighted by atomic mass is 10.5. The predicted molar refractivity (Wildman–Crippen MR) is 43.6 cm³/mol. The molecule has 0 aromatic carbocycles. The van der Waals surface area contributed by atoms with E-state index in [-0.39, 0.29) is 35.9 Å². The van der Waals surface area contributed by atoms with Gasteiger partial charge in [0.05, 0.1) is 6.85 Å². The number of nitrogen functional groups attached to an aromatic ring is 1. The normalized spacial score (nSPS) is 15.8. The quantitative estimate of drug-likeness (QED) is 0.659. The largest absolute Gasteiger partial charge is 0.382 e.